The first-order chi connectivity index (χ1) is 14.2. The second-order valence-corrected chi connectivity index (χ2v) is 8.23. The van der Waals surface area contributed by atoms with E-state index in [1.165, 1.54) is 10.8 Å². The van der Waals surface area contributed by atoms with Crippen molar-refractivity contribution in [1.29, 1.82) is 0 Å². The first-order valence-electron chi connectivity index (χ1n) is 10.6. The predicted molar refractivity (Wildman–Crippen MR) is 113 cm³/mol. The molecule has 150 valence electrons. The zero-order valence-electron chi connectivity index (χ0n) is 16.8. The number of rotatable bonds is 3. The lowest BCUT2D eigenvalue weighted by Crippen LogP contribution is -2.40. The van der Waals surface area contributed by atoms with Crippen molar-refractivity contribution < 1.29 is 4.79 Å². The van der Waals surface area contributed by atoms with Gasteiger partial charge in [-0.2, -0.15) is 0 Å². The molecule has 0 radical (unpaired) electrons. The molecule has 2 aliphatic heterocycles. The third kappa shape index (κ3) is 3.42. The number of piperidine rings is 1. The average molecular weight is 390 g/mol. The van der Waals surface area contributed by atoms with Crippen LogP contribution in [0.2, 0.25) is 0 Å². The van der Waals surface area contributed by atoms with Crippen molar-refractivity contribution in [3.63, 3.8) is 0 Å². The fourth-order valence-electron chi connectivity index (χ4n) is 4.67. The van der Waals surface area contributed by atoms with Crippen molar-refractivity contribution in [2.45, 2.75) is 44.7 Å². The van der Waals surface area contributed by atoms with Gasteiger partial charge in [0.2, 0.25) is 5.91 Å². The van der Waals surface area contributed by atoms with Crippen LogP contribution in [0.25, 0.3) is 10.8 Å². The molecule has 1 fully saturated rings. The molecule has 1 aromatic heterocycles. The first kappa shape index (κ1) is 18.3. The van der Waals surface area contributed by atoms with Gasteiger partial charge in [-0.3, -0.25) is 4.79 Å². The standard InChI is InChI=1S/C23H27N5O/c1-16(19-7-6-17-4-2-3-5-20(17)14-19)23(29)27-11-8-18(9-12-27)22-26-25-21-15-24-10-13-28(21)22/h2-7,14,16,18,24H,8-13,15H2,1H3. The van der Waals surface area contributed by atoms with Crippen LogP contribution in [0.5, 0.6) is 0 Å². The second kappa shape index (κ2) is 7.59. The highest BCUT2D eigenvalue weighted by Gasteiger charge is 2.30. The zero-order chi connectivity index (χ0) is 19.8. The Morgan fingerprint density at radius 1 is 1.07 bits per heavy atom. The minimum atomic E-state index is -0.122. The molecular formula is C23H27N5O. The van der Waals surface area contributed by atoms with E-state index < -0.39 is 0 Å². The molecule has 2 aliphatic rings. The Kier molecular flexibility index (Phi) is 4.79. The summed E-state index contributed by atoms with van der Waals surface area (Å²) >= 11 is 0. The highest BCUT2D eigenvalue weighted by atomic mass is 16.2. The number of carbonyl (C=O) groups is 1. The van der Waals surface area contributed by atoms with Crippen LogP contribution in [-0.2, 0) is 17.9 Å². The minimum Gasteiger partial charge on any atom is -0.342 e. The number of hydrogen-bond acceptors (Lipinski definition) is 4. The molecule has 1 unspecified atom stereocenters. The van der Waals surface area contributed by atoms with E-state index in [9.17, 15) is 4.79 Å². The third-order valence-electron chi connectivity index (χ3n) is 6.47. The molecule has 1 amide bonds. The smallest absolute Gasteiger partial charge is 0.229 e. The predicted octanol–water partition coefficient (Wildman–Crippen LogP) is 3.04. The van der Waals surface area contributed by atoms with Crippen molar-refractivity contribution in [2.75, 3.05) is 19.6 Å². The second-order valence-electron chi connectivity index (χ2n) is 8.23. The van der Waals surface area contributed by atoms with Crippen molar-refractivity contribution >= 4 is 16.7 Å². The Morgan fingerprint density at radius 3 is 2.69 bits per heavy atom. The van der Waals surface area contributed by atoms with Gasteiger partial charge in [0.25, 0.3) is 0 Å². The van der Waals surface area contributed by atoms with Crippen molar-refractivity contribution in [1.82, 2.24) is 25.0 Å². The molecule has 3 aromatic rings. The molecule has 2 aromatic carbocycles. The molecule has 5 rings (SSSR count). The number of aromatic nitrogens is 3. The maximum absolute atomic E-state index is 13.1. The Bertz CT molecular complexity index is 1030. The topological polar surface area (TPSA) is 63.1 Å². The number of nitrogens with zero attached hydrogens (tertiary/aromatic N) is 4. The Morgan fingerprint density at radius 2 is 1.86 bits per heavy atom. The first-order valence-corrected chi connectivity index (χ1v) is 10.6. The fraction of sp³-hybridized carbons (Fsp3) is 0.435. The summed E-state index contributed by atoms with van der Waals surface area (Å²) < 4.78 is 2.27. The third-order valence-corrected chi connectivity index (χ3v) is 6.47. The van der Waals surface area contributed by atoms with E-state index in [0.717, 1.165) is 62.8 Å². The number of likely N-dealkylation sites (tertiary alicyclic amines) is 1. The molecule has 6 nitrogen and oxygen atoms in total. The summed E-state index contributed by atoms with van der Waals surface area (Å²) in [6.07, 6.45) is 1.92. The Hall–Kier alpha value is -2.73. The molecule has 0 bridgehead atoms. The minimum absolute atomic E-state index is 0.122. The summed E-state index contributed by atoms with van der Waals surface area (Å²) in [7, 11) is 0. The Balaban J connectivity index is 1.26. The van der Waals surface area contributed by atoms with Gasteiger partial charge in [-0.05, 0) is 36.1 Å². The zero-order valence-corrected chi connectivity index (χ0v) is 16.8. The van der Waals surface area contributed by atoms with Crippen LogP contribution in [0, 0.1) is 0 Å². The highest BCUT2D eigenvalue weighted by Crippen LogP contribution is 2.30. The van der Waals surface area contributed by atoms with Crippen LogP contribution >= 0.6 is 0 Å². The number of fused-ring (bicyclic) bond motifs is 2. The van der Waals surface area contributed by atoms with E-state index in [-0.39, 0.29) is 11.8 Å². The number of amides is 1. The maximum atomic E-state index is 13.1. The monoisotopic (exact) mass is 389 g/mol. The van der Waals surface area contributed by atoms with Crippen molar-refractivity contribution in [3.05, 3.63) is 59.7 Å². The van der Waals surface area contributed by atoms with Gasteiger partial charge >= 0.3 is 0 Å². The molecule has 1 N–H and O–H groups in total. The lowest BCUT2D eigenvalue weighted by Gasteiger charge is -2.33. The summed E-state index contributed by atoms with van der Waals surface area (Å²) in [5.74, 6) is 2.65. The average Bonchev–Trinajstić information content (AvgIpc) is 3.22. The van der Waals surface area contributed by atoms with Gasteiger partial charge in [0.15, 0.2) is 0 Å². The van der Waals surface area contributed by atoms with Gasteiger partial charge in [-0.25, -0.2) is 0 Å². The molecule has 0 aliphatic carbocycles. The quantitative estimate of drug-likeness (QED) is 0.748. The summed E-state index contributed by atoms with van der Waals surface area (Å²) in [6, 6.07) is 14.7. The van der Waals surface area contributed by atoms with Gasteiger partial charge < -0.3 is 14.8 Å². The van der Waals surface area contributed by atoms with Crippen molar-refractivity contribution in [3.8, 4) is 0 Å². The molecule has 0 spiro atoms. The summed E-state index contributed by atoms with van der Waals surface area (Å²) in [5.41, 5.74) is 1.09. The molecule has 0 saturated carbocycles. The van der Waals surface area contributed by atoms with Crippen LogP contribution in [0.15, 0.2) is 42.5 Å². The van der Waals surface area contributed by atoms with E-state index in [1.807, 2.05) is 24.0 Å². The molecular weight excluding hydrogens is 362 g/mol. The van der Waals surface area contributed by atoms with Crippen LogP contribution < -0.4 is 5.32 Å². The van der Waals surface area contributed by atoms with Gasteiger partial charge in [0, 0.05) is 32.1 Å². The van der Waals surface area contributed by atoms with E-state index in [1.54, 1.807) is 0 Å². The lowest BCUT2D eigenvalue weighted by molar-refractivity contribution is -0.133. The molecule has 1 saturated heterocycles. The molecule has 3 heterocycles. The summed E-state index contributed by atoms with van der Waals surface area (Å²) in [6.45, 7) is 6.33. The van der Waals surface area contributed by atoms with Gasteiger partial charge in [0.1, 0.15) is 11.6 Å². The van der Waals surface area contributed by atoms with Gasteiger partial charge in [-0.15, -0.1) is 10.2 Å². The molecule has 1 atom stereocenters. The van der Waals surface area contributed by atoms with Gasteiger partial charge in [-0.1, -0.05) is 42.5 Å². The van der Waals surface area contributed by atoms with Gasteiger partial charge in [0.05, 0.1) is 12.5 Å². The number of benzene rings is 2. The Labute approximate surface area is 170 Å². The van der Waals surface area contributed by atoms with E-state index in [0.29, 0.717) is 5.92 Å². The van der Waals surface area contributed by atoms with Crippen LogP contribution in [0.4, 0.5) is 0 Å². The normalized spacial score (nSPS) is 18.6. The van der Waals surface area contributed by atoms with Crippen LogP contribution in [0.3, 0.4) is 0 Å². The largest absolute Gasteiger partial charge is 0.342 e. The SMILES string of the molecule is CC(C(=O)N1CCC(c2nnc3n2CCNC3)CC1)c1ccc2ccccc2c1. The lowest BCUT2D eigenvalue weighted by atomic mass is 9.92. The molecule has 6 heteroatoms. The summed E-state index contributed by atoms with van der Waals surface area (Å²) in [5, 5.41) is 14.6. The maximum Gasteiger partial charge on any atom is 0.229 e. The fourth-order valence-corrected chi connectivity index (χ4v) is 4.67. The highest BCUT2D eigenvalue weighted by molar-refractivity contribution is 5.87. The summed E-state index contributed by atoms with van der Waals surface area (Å²) in [4.78, 5) is 15.2. The van der Waals surface area contributed by atoms with E-state index in [4.69, 9.17) is 0 Å². The number of nitrogens with one attached hydrogen (secondary N) is 1. The van der Waals surface area contributed by atoms with Crippen LogP contribution in [0.1, 0.15) is 48.8 Å². The molecule has 29 heavy (non-hydrogen) atoms. The van der Waals surface area contributed by atoms with E-state index in [2.05, 4.69) is 50.4 Å². The number of hydrogen-bond donors (Lipinski definition) is 1. The van der Waals surface area contributed by atoms with E-state index >= 15 is 0 Å². The van der Waals surface area contributed by atoms with Crippen molar-refractivity contribution in [2.24, 2.45) is 0 Å². The number of carbonyl (C=O) groups excluding carboxylic acids is 1. The van der Waals surface area contributed by atoms with Crippen LogP contribution in [-0.4, -0.2) is 45.2 Å².